The quantitative estimate of drug-likeness (QED) is 0.633. The zero-order chi connectivity index (χ0) is 11.9. The minimum Gasteiger partial charge on any atom is -0.224 e. The molecule has 0 aromatic carbocycles. The van der Waals surface area contributed by atoms with Gasteiger partial charge < -0.3 is 0 Å². The Morgan fingerprint density at radius 2 is 1.40 bits per heavy atom. The molecule has 0 aliphatic rings. The van der Waals surface area contributed by atoms with Crippen LogP contribution in [0, 0.1) is 0 Å². The summed E-state index contributed by atoms with van der Waals surface area (Å²) in [5.41, 5.74) is 0. The largest absolute Gasteiger partial charge is 0.224 e. The summed E-state index contributed by atoms with van der Waals surface area (Å²) in [4.78, 5) is 0. The highest BCUT2D eigenvalue weighted by atomic mass is 32.2. The molecule has 0 atom stereocenters. The average Bonchev–Trinajstić information content (AvgIpc) is 2.17. The molecule has 0 spiro atoms. The van der Waals surface area contributed by atoms with Gasteiger partial charge in [-0.25, -0.2) is 16.8 Å². The Labute approximate surface area is 90.8 Å². The first-order chi connectivity index (χ1) is 6.83. The second kappa shape index (κ2) is 5.87. The Morgan fingerprint density at radius 1 is 0.867 bits per heavy atom. The topological polar surface area (TPSA) is 68.3 Å². The molecule has 6 heteroatoms. The van der Waals surface area contributed by atoms with E-state index in [-0.39, 0.29) is 17.9 Å². The summed E-state index contributed by atoms with van der Waals surface area (Å²) in [7, 11) is -6.43. The van der Waals surface area contributed by atoms with Gasteiger partial charge >= 0.3 is 0 Å². The van der Waals surface area contributed by atoms with E-state index in [1.54, 1.807) is 0 Å². The van der Waals surface area contributed by atoms with Crippen LogP contribution in [0.15, 0.2) is 36.1 Å². The minimum atomic E-state index is -3.23. The van der Waals surface area contributed by atoms with E-state index >= 15 is 0 Å². The first-order valence-electron chi connectivity index (χ1n) is 4.18. The van der Waals surface area contributed by atoms with Crippen molar-refractivity contribution in [3.8, 4) is 0 Å². The molecule has 0 aromatic heterocycles. The zero-order valence-electron chi connectivity index (χ0n) is 8.29. The highest BCUT2D eigenvalue weighted by Crippen LogP contribution is 1.97. The summed E-state index contributed by atoms with van der Waals surface area (Å²) in [6.45, 7) is 6.32. The molecule has 0 aromatic rings. The summed E-state index contributed by atoms with van der Waals surface area (Å²) >= 11 is 0. The molecule has 4 nitrogen and oxygen atoms in total. The lowest BCUT2D eigenvalue weighted by Gasteiger charge is -1.93. The molecule has 0 saturated carbocycles. The van der Waals surface area contributed by atoms with Gasteiger partial charge in [-0.1, -0.05) is 25.3 Å². The van der Waals surface area contributed by atoms with E-state index in [0.717, 1.165) is 10.8 Å². The molecule has 0 heterocycles. The maximum Gasteiger partial charge on any atom is 0.174 e. The molecular weight excluding hydrogens is 236 g/mol. The molecular formula is C9H14O4S2. The smallest absolute Gasteiger partial charge is 0.174 e. The summed E-state index contributed by atoms with van der Waals surface area (Å²) in [6, 6.07) is 0. The second-order valence-corrected chi connectivity index (χ2v) is 6.85. The van der Waals surface area contributed by atoms with Crippen LogP contribution in [0.5, 0.6) is 0 Å². The van der Waals surface area contributed by atoms with Crippen LogP contribution in [0.2, 0.25) is 0 Å². The monoisotopic (exact) mass is 250 g/mol. The molecule has 0 amide bonds. The van der Waals surface area contributed by atoms with Gasteiger partial charge in [-0.05, 0) is 6.42 Å². The Hall–Kier alpha value is -0.880. The van der Waals surface area contributed by atoms with E-state index in [4.69, 9.17) is 0 Å². The number of allylic oxidation sites excluding steroid dienone is 1. The van der Waals surface area contributed by atoms with Crippen LogP contribution in [-0.4, -0.2) is 28.3 Å². The highest BCUT2D eigenvalue weighted by Gasteiger charge is 2.02. The predicted octanol–water partition coefficient (Wildman–Crippen LogP) is 1.05. The molecule has 15 heavy (non-hydrogen) atoms. The van der Waals surface area contributed by atoms with Crippen molar-refractivity contribution in [3.63, 3.8) is 0 Å². The highest BCUT2D eigenvalue weighted by molar-refractivity contribution is 7.94. The fourth-order valence-corrected chi connectivity index (χ4v) is 1.88. The lowest BCUT2D eigenvalue weighted by Crippen LogP contribution is -2.01. The fraction of sp³-hybridized carbons (Fsp3) is 0.333. The summed E-state index contributed by atoms with van der Waals surface area (Å²) in [6.07, 6.45) is 3.21. The SMILES string of the molecule is C=CS(=O)(=O)CC=CCCS(=O)(=O)C=C. The molecule has 0 aliphatic heterocycles. The Kier molecular flexibility index (Phi) is 5.53. The molecule has 0 radical (unpaired) electrons. The van der Waals surface area contributed by atoms with E-state index in [9.17, 15) is 16.8 Å². The Bertz CT molecular complexity index is 441. The van der Waals surface area contributed by atoms with E-state index in [1.165, 1.54) is 12.2 Å². The third-order valence-corrected chi connectivity index (χ3v) is 4.05. The van der Waals surface area contributed by atoms with Gasteiger partial charge in [0, 0.05) is 10.8 Å². The van der Waals surface area contributed by atoms with Crippen molar-refractivity contribution < 1.29 is 16.8 Å². The van der Waals surface area contributed by atoms with Gasteiger partial charge in [-0.3, -0.25) is 0 Å². The van der Waals surface area contributed by atoms with Gasteiger partial charge in [0.1, 0.15) is 0 Å². The molecule has 0 rings (SSSR count). The standard InChI is InChI=1S/C9H14O4S2/c1-3-14(10,11)8-6-5-7-9-15(12,13)4-2/h3-6H,1-2,7-9H2. The van der Waals surface area contributed by atoms with Crippen molar-refractivity contribution in [1.29, 1.82) is 0 Å². The summed E-state index contributed by atoms with van der Waals surface area (Å²) < 4.78 is 43.7. The van der Waals surface area contributed by atoms with Crippen LogP contribution in [0.3, 0.4) is 0 Å². The van der Waals surface area contributed by atoms with E-state index < -0.39 is 19.7 Å². The van der Waals surface area contributed by atoms with Crippen molar-refractivity contribution in [2.24, 2.45) is 0 Å². The van der Waals surface area contributed by atoms with Gasteiger partial charge in [-0.2, -0.15) is 0 Å². The molecule has 0 unspecified atom stereocenters. The molecule has 0 N–H and O–H groups in total. The van der Waals surface area contributed by atoms with Crippen molar-refractivity contribution in [3.05, 3.63) is 36.1 Å². The first kappa shape index (κ1) is 14.1. The molecule has 0 aliphatic carbocycles. The van der Waals surface area contributed by atoms with Crippen molar-refractivity contribution >= 4 is 19.7 Å². The zero-order valence-corrected chi connectivity index (χ0v) is 9.93. The van der Waals surface area contributed by atoms with Crippen LogP contribution >= 0.6 is 0 Å². The van der Waals surface area contributed by atoms with Gasteiger partial charge in [0.2, 0.25) is 0 Å². The van der Waals surface area contributed by atoms with Crippen LogP contribution in [-0.2, 0) is 19.7 Å². The van der Waals surface area contributed by atoms with Crippen LogP contribution in [0.25, 0.3) is 0 Å². The second-order valence-electron chi connectivity index (χ2n) is 2.79. The summed E-state index contributed by atoms with van der Waals surface area (Å²) in [5.74, 6) is -0.203. The average molecular weight is 250 g/mol. The van der Waals surface area contributed by atoms with Crippen molar-refractivity contribution in [2.75, 3.05) is 11.5 Å². The lowest BCUT2D eigenvalue weighted by molar-refractivity contribution is 0.604. The van der Waals surface area contributed by atoms with E-state index in [2.05, 4.69) is 13.2 Å². The van der Waals surface area contributed by atoms with E-state index in [0.29, 0.717) is 0 Å². The number of sulfone groups is 2. The van der Waals surface area contributed by atoms with Gasteiger partial charge in [0.25, 0.3) is 0 Å². The van der Waals surface area contributed by atoms with Crippen molar-refractivity contribution in [1.82, 2.24) is 0 Å². The first-order valence-corrected chi connectivity index (χ1v) is 7.61. The summed E-state index contributed by atoms with van der Waals surface area (Å²) in [5, 5.41) is 1.76. The maximum absolute atomic E-state index is 10.9. The normalized spacial score (nSPS) is 12.8. The van der Waals surface area contributed by atoms with E-state index in [1.807, 2.05) is 0 Å². The lowest BCUT2D eigenvalue weighted by atomic mass is 10.4. The molecule has 0 fully saturated rings. The number of hydrogen-bond acceptors (Lipinski definition) is 4. The Morgan fingerprint density at radius 3 is 1.87 bits per heavy atom. The molecule has 86 valence electrons. The van der Waals surface area contributed by atoms with Crippen LogP contribution < -0.4 is 0 Å². The van der Waals surface area contributed by atoms with Crippen LogP contribution in [0.1, 0.15) is 6.42 Å². The van der Waals surface area contributed by atoms with Gasteiger partial charge in [-0.15, -0.1) is 0 Å². The third kappa shape index (κ3) is 7.10. The minimum absolute atomic E-state index is 0.0544. The predicted molar refractivity (Wildman–Crippen MR) is 61.7 cm³/mol. The molecule has 0 bridgehead atoms. The van der Waals surface area contributed by atoms with Gasteiger partial charge in [0.05, 0.1) is 11.5 Å². The fourth-order valence-electron chi connectivity index (χ4n) is 0.704. The van der Waals surface area contributed by atoms with Gasteiger partial charge in [0.15, 0.2) is 19.7 Å². The Balaban J connectivity index is 4.05. The van der Waals surface area contributed by atoms with Crippen LogP contribution in [0.4, 0.5) is 0 Å². The molecule has 0 saturated heterocycles. The number of rotatable bonds is 7. The third-order valence-electron chi connectivity index (χ3n) is 1.57. The van der Waals surface area contributed by atoms with Crippen molar-refractivity contribution in [2.45, 2.75) is 6.42 Å². The maximum atomic E-state index is 10.9. The number of hydrogen-bond donors (Lipinski definition) is 0.